The highest BCUT2D eigenvalue weighted by Gasteiger charge is 2.52. The summed E-state index contributed by atoms with van der Waals surface area (Å²) in [7, 11) is -11.1. The molecule has 3 aromatic rings. The molecule has 3 atom stereocenters. The van der Waals surface area contributed by atoms with Gasteiger partial charge in [0, 0.05) is 12.1 Å². The molecule has 284 valence electrons. The Morgan fingerprint density at radius 3 is 1.98 bits per heavy atom. The van der Waals surface area contributed by atoms with Crippen LogP contribution in [0.15, 0.2) is 75.1 Å². The van der Waals surface area contributed by atoms with E-state index in [0.717, 1.165) is 21.7 Å². The summed E-state index contributed by atoms with van der Waals surface area (Å²) < 4.78 is 72.3. The monoisotopic (exact) mass is 791 g/mol. The second kappa shape index (κ2) is 16.6. The molecule has 1 unspecified atom stereocenters. The Bertz CT molecular complexity index is 1900. The van der Waals surface area contributed by atoms with Crippen LogP contribution >= 0.6 is 11.3 Å². The minimum Gasteiger partial charge on any atom is -0.466 e. The topological polar surface area (TPSA) is 150 Å². The Balaban J connectivity index is 1.66. The first-order chi connectivity index (χ1) is 24.4. The second-order valence-electron chi connectivity index (χ2n) is 14.0. The Labute approximate surface area is 312 Å². The molecular weight excluding hydrogens is 743 g/mol. The van der Waals surface area contributed by atoms with Gasteiger partial charge in [-0.25, -0.2) is 21.6 Å². The van der Waals surface area contributed by atoms with Crippen LogP contribution in [0.5, 0.6) is 0 Å². The summed E-state index contributed by atoms with van der Waals surface area (Å²) in [5.74, 6) is -1.17. The zero-order valence-corrected chi connectivity index (χ0v) is 34.2. The summed E-state index contributed by atoms with van der Waals surface area (Å²) in [6.45, 7) is 12.8. The van der Waals surface area contributed by atoms with Crippen LogP contribution in [-0.2, 0) is 43.5 Å². The molecule has 4 rings (SSSR count). The van der Waals surface area contributed by atoms with Gasteiger partial charge in [-0.05, 0) is 45.2 Å². The van der Waals surface area contributed by atoms with Crippen LogP contribution in [-0.4, -0.2) is 84.3 Å². The highest BCUT2D eigenvalue weighted by Crippen LogP contribution is 2.46. The number of carbonyl (C=O) groups is 3. The van der Waals surface area contributed by atoms with E-state index in [1.165, 1.54) is 11.0 Å². The van der Waals surface area contributed by atoms with E-state index in [4.69, 9.17) is 14.2 Å². The highest BCUT2D eigenvalue weighted by molar-refractivity contribution is 7.97. The van der Waals surface area contributed by atoms with E-state index in [1.54, 1.807) is 27.7 Å². The van der Waals surface area contributed by atoms with Gasteiger partial charge in [-0.1, -0.05) is 91.8 Å². The van der Waals surface area contributed by atoms with Crippen molar-refractivity contribution in [2.75, 3.05) is 25.1 Å². The maximum atomic E-state index is 14.7. The lowest BCUT2D eigenvalue weighted by atomic mass is 10.0. The van der Waals surface area contributed by atoms with Gasteiger partial charge in [0.05, 0.1) is 36.1 Å². The van der Waals surface area contributed by atoms with Gasteiger partial charge >= 0.3 is 18.0 Å². The zero-order valence-electron chi connectivity index (χ0n) is 30.8. The fraction of sp³-hybridized carbons (Fsp3) is 0.486. The van der Waals surface area contributed by atoms with Crippen LogP contribution in [0.25, 0.3) is 0 Å². The number of carbonyl (C=O) groups excluding carboxylic acids is 3. The normalized spacial score (nSPS) is 17.8. The van der Waals surface area contributed by atoms with Gasteiger partial charge in [-0.3, -0.25) is 9.59 Å². The average Bonchev–Trinajstić information content (AvgIpc) is 3.57. The lowest BCUT2D eigenvalue weighted by Gasteiger charge is -2.43. The first-order valence-electron chi connectivity index (χ1n) is 17.4. The third-order valence-electron chi connectivity index (χ3n) is 9.50. The molecule has 2 aromatic carbocycles. The maximum absolute atomic E-state index is 14.7. The summed E-state index contributed by atoms with van der Waals surface area (Å²) in [5.41, 5.74) is 0.251. The van der Waals surface area contributed by atoms with Crippen molar-refractivity contribution in [2.45, 2.75) is 98.6 Å². The van der Waals surface area contributed by atoms with Crippen LogP contribution in [0.3, 0.4) is 0 Å². The van der Waals surface area contributed by atoms with E-state index in [1.807, 2.05) is 60.7 Å². The van der Waals surface area contributed by atoms with Gasteiger partial charge in [0.2, 0.25) is 0 Å². The van der Waals surface area contributed by atoms with Gasteiger partial charge in [-0.2, -0.15) is 0 Å². The summed E-state index contributed by atoms with van der Waals surface area (Å²) in [6.07, 6.45) is -1.89. The molecule has 1 amide bonds. The van der Waals surface area contributed by atoms with Gasteiger partial charge in [-0.15, -0.1) is 11.3 Å². The van der Waals surface area contributed by atoms with E-state index in [-0.39, 0.29) is 58.4 Å². The van der Waals surface area contributed by atoms with Gasteiger partial charge in [0.25, 0.3) is 0 Å². The molecule has 52 heavy (non-hydrogen) atoms. The Morgan fingerprint density at radius 1 is 0.942 bits per heavy atom. The summed E-state index contributed by atoms with van der Waals surface area (Å²) >= 11 is 0.750. The molecule has 1 aromatic heterocycles. The molecular formula is C37H49NO10S3Si. The van der Waals surface area contributed by atoms with E-state index in [2.05, 4.69) is 20.8 Å². The lowest BCUT2D eigenvalue weighted by Crippen LogP contribution is -2.68. The van der Waals surface area contributed by atoms with Crippen LogP contribution in [0.4, 0.5) is 4.79 Å². The number of fused-ring (bicyclic) bond motifs is 1. The van der Waals surface area contributed by atoms with E-state index < -0.39 is 68.2 Å². The first-order valence-corrected chi connectivity index (χ1v) is 23.6. The summed E-state index contributed by atoms with van der Waals surface area (Å²) in [6, 6.07) is 20.0. The molecule has 0 radical (unpaired) electrons. The number of sulfone groups is 2. The van der Waals surface area contributed by atoms with E-state index in [9.17, 15) is 31.2 Å². The third-order valence-corrected chi connectivity index (χ3v) is 23.4. The van der Waals surface area contributed by atoms with Crippen molar-refractivity contribution in [3.8, 4) is 0 Å². The fourth-order valence-corrected chi connectivity index (χ4v) is 21.2. The summed E-state index contributed by atoms with van der Waals surface area (Å²) in [4.78, 5) is 38.6. The zero-order chi connectivity index (χ0) is 38.5. The van der Waals surface area contributed by atoms with Crippen molar-refractivity contribution in [2.24, 2.45) is 0 Å². The number of amides is 1. The smallest absolute Gasteiger partial charge is 0.410 e. The number of hydrogen-bond donors (Lipinski definition) is 0. The van der Waals surface area contributed by atoms with Crippen molar-refractivity contribution in [1.82, 2.24) is 4.90 Å². The molecule has 0 saturated heterocycles. The third kappa shape index (κ3) is 8.80. The number of benzene rings is 2. The van der Waals surface area contributed by atoms with Crippen LogP contribution < -0.4 is 10.4 Å². The molecule has 0 N–H and O–H groups in total. The molecule has 11 nitrogen and oxygen atoms in total. The molecule has 2 heterocycles. The lowest BCUT2D eigenvalue weighted by molar-refractivity contribution is -0.151. The molecule has 0 saturated carbocycles. The Morgan fingerprint density at radius 2 is 1.48 bits per heavy atom. The van der Waals surface area contributed by atoms with E-state index >= 15 is 0 Å². The van der Waals surface area contributed by atoms with Crippen molar-refractivity contribution < 1.29 is 45.4 Å². The Hall–Kier alpha value is -3.53. The average molecular weight is 792 g/mol. The largest absolute Gasteiger partial charge is 0.466 e. The predicted molar refractivity (Wildman–Crippen MR) is 203 cm³/mol. The molecule has 0 aliphatic carbocycles. The van der Waals surface area contributed by atoms with Crippen molar-refractivity contribution in [1.29, 1.82) is 0 Å². The van der Waals surface area contributed by atoms with Crippen molar-refractivity contribution >= 4 is 67.5 Å². The molecule has 0 spiro atoms. The predicted octanol–water partition coefficient (Wildman–Crippen LogP) is 5.46. The molecule has 15 heteroatoms. The molecule has 0 bridgehead atoms. The number of nitrogens with zero attached hydrogens (tertiary/aromatic N) is 1. The van der Waals surface area contributed by atoms with Crippen LogP contribution in [0.2, 0.25) is 5.04 Å². The highest BCUT2D eigenvalue weighted by atomic mass is 32.3. The van der Waals surface area contributed by atoms with Crippen molar-refractivity contribution in [3.63, 3.8) is 0 Å². The van der Waals surface area contributed by atoms with Crippen LogP contribution in [0, 0.1) is 0 Å². The minimum atomic E-state index is -4.08. The number of ether oxygens (including phenoxy) is 3. The minimum absolute atomic E-state index is 0.0421. The van der Waals surface area contributed by atoms with Gasteiger partial charge < -0.3 is 19.1 Å². The van der Waals surface area contributed by atoms with Crippen LogP contribution in [0.1, 0.15) is 79.3 Å². The van der Waals surface area contributed by atoms with Gasteiger partial charge in [0.15, 0.2) is 19.7 Å². The number of thiophene rings is 1. The molecule has 1 aliphatic rings. The summed E-state index contributed by atoms with van der Waals surface area (Å²) in [5, 5.41) is 0.368. The number of esters is 2. The van der Waals surface area contributed by atoms with Crippen molar-refractivity contribution in [3.05, 3.63) is 72.3 Å². The number of rotatable bonds is 14. The first kappa shape index (κ1) is 41.2. The fourth-order valence-electron chi connectivity index (χ4n) is 6.71. The number of hydrogen-bond acceptors (Lipinski definition) is 11. The quantitative estimate of drug-likeness (QED) is 0.117. The van der Waals surface area contributed by atoms with E-state index in [0.29, 0.717) is 0 Å². The second-order valence-corrected chi connectivity index (χ2v) is 25.2. The standard InChI is InChI=1S/C37H49NO10S3Si/c1-8-38(36(41)48-26(3)24-47-33(40)21-20-32(39)46-9-2)31-22-27(4)51(44,45)35-30(31)23-34(49-35)50(42,43)25-52(37(5,6)7,28-16-12-10-13-17-28)29-18-14-11-15-19-29/h10-19,23,26-27,31H,8-9,20-22,24-25H2,1-7H3/t26?,27-,31-/m0/s1. The molecule has 1 aliphatic heterocycles. The SMILES string of the molecule is CCOC(=O)CCC(=O)OCC(C)OC(=O)N(CC)[C@H]1C[C@H](C)S(=O)(=O)c2sc(S(=O)(=O)C[Si](c3ccccc3)(c3ccccc3)C(C)(C)C)cc21. The van der Waals surface area contributed by atoms with Gasteiger partial charge in [0.1, 0.15) is 29.2 Å². The maximum Gasteiger partial charge on any atom is 0.410 e. The molecule has 0 fully saturated rings. The Kier molecular flexibility index (Phi) is 13.2.